The molecule has 1 atom stereocenters. The quantitative estimate of drug-likeness (QED) is 0.852. The number of aryl methyl sites for hydroxylation is 1. The summed E-state index contributed by atoms with van der Waals surface area (Å²) in [4.78, 5) is 16.4. The lowest BCUT2D eigenvalue weighted by atomic mass is 10.2. The van der Waals surface area contributed by atoms with Crippen molar-refractivity contribution in [2.45, 2.75) is 18.2 Å². The second kappa shape index (κ2) is 5.53. The van der Waals surface area contributed by atoms with E-state index in [0.29, 0.717) is 13.1 Å². The van der Waals surface area contributed by atoms with E-state index in [0.717, 1.165) is 29.3 Å². The first-order chi connectivity index (χ1) is 9.29. The summed E-state index contributed by atoms with van der Waals surface area (Å²) < 4.78 is 0. The third-order valence-electron chi connectivity index (χ3n) is 3.49. The Kier molecular flexibility index (Phi) is 3.78. The first-order valence-electron chi connectivity index (χ1n) is 6.40. The van der Waals surface area contributed by atoms with Crippen LogP contribution in [-0.4, -0.2) is 42.2 Å². The fourth-order valence-corrected chi connectivity index (χ4v) is 4.79. The molecule has 1 aromatic rings. The van der Waals surface area contributed by atoms with E-state index in [1.165, 1.54) is 10.4 Å². The van der Waals surface area contributed by atoms with Crippen LogP contribution in [0.4, 0.5) is 0 Å². The largest absolute Gasteiger partial charge is 0.319 e. The summed E-state index contributed by atoms with van der Waals surface area (Å²) in [6.07, 6.45) is 1.07. The van der Waals surface area contributed by atoms with Crippen molar-refractivity contribution in [2.24, 2.45) is 0 Å². The van der Waals surface area contributed by atoms with E-state index in [1.807, 2.05) is 17.8 Å². The zero-order valence-corrected chi connectivity index (χ0v) is 12.1. The molecule has 4 nitrogen and oxygen atoms in total. The van der Waals surface area contributed by atoms with Gasteiger partial charge in [-0.05, 0) is 23.8 Å². The van der Waals surface area contributed by atoms with Crippen LogP contribution in [0.5, 0.6) is 0 Å². The van der Waals surface area contributed by atoms with Gasteiger partial charge in [0.15, 0.2) is 0 Å². The molecule has 0 spiro atoms. The lowest BCUT2D eigenvalue weighted by Gasteiger charge is -2.31. The number of thioether (sulfide) groups is 1. The van der Waals surface area contributed by atoms with Crippen molar-refractivity contribution in [1.82, 2.24) is 10.2 Å². The Labute approximate surface area is 120 Å². The van der Waals surface area contributed by atoms with E-state index < -0.39 is 0 Å². The molecule has 1 amide bonds. The lowest BCUT2D eigenvalue weighted by molar-refractivity contribution is 0.0692. The van der Waals surface area contributed by atoms with Gasteiger partial charge in [0, 0.05) is 30.3 Å². The molecule has 1 fully saturated rings. The van der Waals surface area contributed by atoms with Gasteiger partial charge in [-0.1, -0.05) is 0 Å². The number of hydrogen-bond donors (Lipinski definition) is 1. The van der Waals surface area contributed by atoms with Crippen molar-refractivity contribution >= 4 is 29.0 Å². The van der Waals surface area contributed by atoms with Crippen LogP contribution in [0.3, 0.4) is 0 Å². The molecular formula is C13H15N3OS2. The molecule has 0 aromatic carbocycles. The molecule has 19 heavy (non-hydrogen) atoms. The predicted molar refractivity (Wildman–Crippen MR) is 77.5 cm³/mol. The fraction of sp³-hybridized carbons (Fsp3) is 0.538. The molecule has 0 radical (unpaired) electrons. The van der Waals surface area contributed by atoms with Gasteiger partial charge in [-0.25, -0.2) is 0 Å². The highest BCUT2D eigenvalue weighted by Gasteiger charge is 2.29. The molecule has 1 saturated heterocycles. The number of carbonyl (C=O) groups excluding carboxylic acids is 1. The van der Waals surface area contributed by atoms with E-state index in [9.17, 15) is 4.79 Å². The Morgan fingerprint density at radius 2 is 2.47 bits per heavy atom. The average Bonchev–Trinajstić information content (AvgIpc) is 2.90. The second-order valence-electron chi connectivity index (χ2n) is 4.71. The maximum atomic E-state index is 12.5. The molecule has 3 rings (SSSR count). The normalized spacial score (nSPS) is 22.7. The maximum Gasteiger partial charge on any atom is 0.265 e. The molecule has 3 heterocycles. The zero-order chi connectivity index (χ0) is 13.2. The summed E-state index contributed by atoms with van der Waals surface area (Å²) in [7, 11) is 0. The van der Waals surface area contributed by atoms with Crippen molar-refractivity contribution < 1.29 is 4.79 Å². The summed E-state index contributed by atoms with van der Waals surface area (Å²) in [6, 6.07) is 3.90. The Morgan fingerprint density at radius 1 is 1.58 bits per heavy atom. The van der Waals surface area contributed by atoms with Gasteiger partial charge in [-0.15, -0.1) is 11.3 Å². The van der Waals surface area contributed by atoms with Gasteiger partial charge in [-0.2, -0.15) is 17.0 Å². The summed E-state index contributed by atoms with van der Waals surface area (Å²) in [5.74, 6) is 2.19. The molecule has 0 bridgehead atoms. The van der Waals surface area contributed by atoms with Crippen molar-refractivity contribution in [2.75, 3.05) is 25.4 Å². The van der Waals surface area contributed by atoms with E-state index in [-0.39, 0.29) is 11.9 Å². The standard InChI is InChI=1S/C13H15N3OS2/c14-6-10-7-15-2-3-16(10)13(17)12-5-9-8-18-4-1-11(9)19-12/h5,10,15H,1-4,7-8H2. The van der Waals surface area contributed by atoms with Crippen molar-refractivity contribution in [1.29, 1.82) is 5.26 Å². The minimum Gasteiger partial charge on any atom is -0.319 e. The third kappa shape index (κ3) is 2.50. The highest BCUT2D eigenvalue weighted by Crippen LogP contribution is 2.32. The predicted octanol–water partition coefficient (Wildman–Crippen LogP) is 1.47. The Morgan fingerprint density at radius 3 is 3.26 bits per heavy atom. The van der Waals surface area contributed by atoms with Crippen LogP contribution >= 0.6 is 23.1 Å². The number of fused-ring (bicyclic) bond motifs is 1. The van der Waals surface area contributed by atoms with Crippen molar-refractivity contribution in [3.8, 4) is 6.07 Å². The van der Waals surface area contributed by atoms with Gasteiger partial charge in [0.05, 0.1) is 10.9 Å². The fourth-order valence-electron chi connectivity index (χ4n) is 2.46. The molecular weight excluding hydrogens is 278 g/mol. The first-order valence-corrected chi connectivity index (χ1v) is 8.37. The molecule has 6 heteroatoms. The van der Waals surface area contributed by atoms with Gasteiger partial charge < -0.3 is 10.2 Å². The first kappa shape index (κ1) is 13.0. The van der Waals surface area contributed by atoms with Crippen LogP contribution in [0.25, 0.3) is 0 Å². The van der Waals surface area contributed by atoms with Crippen LogP contribution in [0.1, 0.15) is 20.1 Å². The smallest absolute Gasteiger partial charge is 0.265 e. The maximum absolute atomic E-state index is 12.5. The molecule has 100 valence electrons. The number of nitrogens with one attached hydrogen (secondary N) is 1. The number of rotatable bonds is 1. The van der Waals surface area contributed by atoms with E-state index >= 15 is 0 Å². The van der Waals surface area contributed by atoms with Crippen LogP contribution in [0.15, 0.2) is 6.07 Å². The van der Waals surface area contributed by atoms with Gasteiger partial charge in [0.25, 0.3) is 5.91 Å². The molecule has 1 N–H and O–H groups in total. The Hall–Kier alpha value is -1.03. The number of amides is 1. The van der Waals surface area contributed by atoms with E-state index in [2.05, 4.69) is 11.4 Å². The lowest BCUT2D eigenvalue weighted by Crippen LogP contribution is -2.52. The second-order valence-corrected chi connectivity index (χ2v) is 6.95. The van der Waals surface area contributed by atoms with Gasteiger partial charge in [-0.3, -0.25) is 4.79 Å². The Balaban J connectivity index is 1.83. The minimum absolute atomic E-state index is 0.0254. The summed E-state index contributed by atoms with van der Waals surface area (Å²) in [6.45, 7) is 1.96. The number of thiophene rings is 1. The van der Waals surface area contributed by atoms with Gasteiger partial charge >= 0.3 is 0 Å². The van der Waals surface area contributed by atoms with Gasteiger partial charge in [0.2, 0.25) is 0 Å². The molecule has 1 aromatic heterocycles. The molecule has 0 aliphatic carbocycles. The average molecular weight is 293 g/mol. The van der Waals surface area contributed by atoms with E-state index in [1.54, 1.807) is 16.2 Å². The van der Waals surface area contributed by atoms with Gasteiger partial charge in [0.1, 0.15) is 6.04 Å². The van der Waals surface area contributed by atoms with Crippen LogP contribution in [-0.2, 0) is 12.2 Å². The van der Waals surface area contributed by atoms with Crippen LogP contribution in [0.2, 0.25) is 0 Å². The van der Waals surface area contributed by atoms with Crippen molar-refractivity contribution in [3.05, 3.63) is 21.4 Å². The number of carbonyl (C=O) groups is 1. The topological polar surface area (TPSA) is 56.1 Å². The zero-order valence-electron chi connectivity index (χ0n) is 10.5. The number of nitriles is 1. The van der Waals surface area contributed by atoms with Crippen LogP contribution in [0, 0.1) is 11.3 Å². The molecule has 1 unspecified atom stereocenters. The third-order valence-corrected chi connectivity index (χ3v) is 5.72. The summed E-state index contributed by atoms with van der Waals surface area (Å²) >= 11 is 3.54. The highest BCUT2D eigenvalue weighted by atomic mass is 32.2. The van der Waals surface area contributed by atoms with E-state index in [4.69, 9.17) is 5.26 Å². The number of nitrogens with zero attached hydrogens (tertiary/aromatic N) is 2. The highest BCUT2D eigenvalue weighted by molar-refractivity contribution is 7.98. The SMILES string of the molecule is N#CC1CNCCN1C(=O)c1cc2c(s1)CCSC2. The number of piperazine rings is 1. The monoisotopic (exact) mass is 293 g/mol. The molecule has 0 saturated carbocycles. The summed E-state index contributed by atoms with van der Waals surface area (Å²) in [5.41, 5.74) is 1.31. The van der Waals surface area contributed by atoms with Crippen molar-refractivity contribution in [3.63, 3.8) is 0 Å². The molecule has 2 aliphatic heterocycles. The molecule has 2 aliphatic rings. The number of hydrogen-bond acceptors (Lipinski definition) is 5. The van der Waals surface area contributed by atoms with Crippen LogP contribution < -0.4 is 5.32 Å². The Bertz CT molecular complexity index is 511. The summed E-state index contributed by atoms with van der Waals surface area (Å²) in [5, 5.41) is 12.3. The minimum atomic E-state index is -0.338.